The van der Waals surface area contributed by atoms with Crippen molar-refractivity contribution in [1.82, 2.24) is 5.32 Å². The van der Waals surface area contributed by atoms with E-state index < -0.39 is 5.60 Å². The summed E-state index contributed by atoms with van der Waals surface area (Å²) in [6, 6.07) is 0.190. The lowest BCUT2D eigenvalue weighted by Crippen LogP contribution is -2.42. The maximum absolute atomic E-state index is 11.6. The minimum absolute atomic E-state index is 0.190. The molecule has 1 aliphatic carbocycles. The fourth-order valence-corrected chi connectivity index (χ4v) is 2.23. The van der Waals surface area contributed by atoms with Crippen LogP contribution in [-0.2, 0) is 4.74 Å². The van der Waals surface area contributed by atoms with Crippen LogP contribution in [0, 0.1) is 5.92 Å². The summed E-state index contributed by atoms with van der Waals surface area (Å²) in [5, 5.41) is 2.89. The monoisotopic (exact) mass is 258 g/mol. The average molecular weight is 258 g/mol. The predicted molar refractivity (Wildman–Crippen MR) is 71.9 cm³/mol. The SMILES string of the molecule is CC(C)(C)OC(=O)NC1CCC(C(N)=S)CC1. The number of amides is 1. The van der Waals surface area contributed by atoms with Crippen LogP contribution in [0.5, 0.6) is 0 Å². The number of rotatable bonds is 2. The molecule has 0 bridgehead atoms. The maximum Gasteiger partial charge on any atom is 0.407 e. The van der Waals surface area contributed by atoms with E-state index in [2.05, 4.69) is 5.32 Å². The van der Waals surface area contributed by atoms with E-state index in [1.54, 1.807) is 0 Å². The Morgan fingerprint density at radius 1 is 1.29 bits per heavy atom. The van der Waals surface area contributed by atoms with Gasteiger partial charge in [0.1, 0.15) is 5.60 Å². The lowest BCUT2D eigenvalue weighted by atomic mass is 9.86. The standard InChI is InChI=1S/C12H22N2O2S/c1-12(2,3)16-11(15)14-9-6-4-8(5-7-9)10(13)17/h8-9H,4-7H2,1-3H3,(H2,13,17)(H,14,15). The fourth-order valence-electron chi connectivity index (χ4n) is 2.00. The highest BCUT2D eigenvalue weighted by Gasteiger charge is 2.25. The van der Waals surface area contributed by atoms with Crippen LogP contribution in [-0.4, -0.2) is 22.7 Å². The molecule has 1 rings (SSSR count). The van der Waals surface area contributed by atoms with Gasteiger partial charge in [0.2, 0.25) is 0 Å². The molecule has 4 nitrogen and oxygen atoms in total. The summed E-state index contributed by atoms with van der Waals surface area (Å²) in [5.41, 5.74) is 5.17. The molecule has 0 aromatic rings. The van der Waals surface area contributed by atoms with Gasteiger partial charge in [-0.05, 0) is 46.5 Å². The molecule has 0 aliphatic heterocycles. The van der Waals surface area contributed by atoms with Crippen LogP contribution in [0.1, 0.15) is 46.5 Å². The molecule has 0 atom stereocenters. The summed E-state index contributed by atoms with van der Waals surface area (Å²) in [7, 11) is 0. The summed E-state index contributed by atoms with van der Waals surface area (Å²) in [6.07, 6.45) is 3.41. The molecule has 17 heavy (non-hydrogen) atoms. The number of hydrogen-bond donors (Lipinski definition) is 2. The largest absolute Gasteiger partial charge is 0.444 e. The molecule has 0 unspecified atom stereocenters. The Labute approximate surface area is 108 Å². The molecule has 0 heterocycles. The molecular weight excluding hydrogens is 236 g/mol. The lowest BCUT2D eigenvalue weighted by molar-refractivity contribution is 0.0491. The second-order valence-electron chi connectivity index (χ2n) is 5.60. The van der Waals surface area contributed by atoms with Crippen molar-refractivity contribution < 1.29 is 9.53 Å². The van der Waals surface area contributed by atoms with Gasteiger partial charge >= 0.3 is 6.09 Å². The normalized spacial score (nSPS) is 25.1. The van der Waals surface area contributed by atoms with Crippen LogP contribution in [0.2, 0.25) is 0 Å². The van der Waals surface area contributed by atoms with E-state index >= 15 is 0 Å². The van der Waals surface area contributed by atoms with E-state index in [1.807, 2.05) is 20.8 Å². The third-order valence-electron chi connectivity index (χ3n) is 2.85. The summed E-state index contributed by atoms with van der Waals surface area (Å²) in [5.74, 6) is 0.335. The molecule has 0 spiro atoms. The summed E-state index contributed by atoms with van der Waals surface area (Å²) < 4.78 is 5.21. The number of hydrogen-bond acceptors (Lipinski definition) is 3. The van der Waals surface area contributed by atoms with Crippen LogP contribution in [0.3, 0.4) is 0 Å². The molecule has 0 radical (unpaired) electrons. The van der Waals surface area contributed by atoms with Gasteiger partial charge in [-0.3, -0.25) is 0 Å². The Bertz CT molecular complexity index is 291. The number of thiocarbonyl (C=S) groups is 1. The Morgan fingerprint density at radius 2 is 1.82 bits per heavy atom. The first-order valence-electron chi connectivity index (χ1n) is 6.07. The molecule has 0 aromatic carbocycles. The third kappa shape index (κ3) is 5.35. The van der Waals surface area contributed by atoms with Crippen molar-refractivity contribution in [3.8, 4) is 0 Å². The smallest absolute Gasteiger partial charge is 0.407 e. The molecule has 1 aliphatic rings. The zero-order valence-corrected chi connectivity index (χ0v) is 11.6. The predicted octanol–water partition coefficient (Wildman–Crippen LogP) is 2.36. The van der Waals surface area contributed by atoms with Crippen molar-refractivity contribution in [3.63, 3.8) is 0 Å². The first kappa shape index (κ1) is 14.2. The van der Waals surface area contributed by atoms with Gasteiger partial charge in [0.25, 0.3) is 0 Å². The van der Waals surface area contributed by atoms with Crippen molar-refractivity contribution in [3.05, 3.63) is 0 Å². The highest BCUT2D eigenvalue weighted by atomic mass is 32.1. The van der Waals surface area contributed by atoms with E-state index in [1.165, 1.54) is 0 Å². The zero-order chi connectivity index (χ0) is 13.1. The Kier molecular flexibility index (Phi) is 4.74. The van der Waals surface area contributed by atoms with Gasteiger partial charge in [0.15, 0.2) is 0 Å². The molecule has 0 saturated heterocycles. The quantitative estimate of drug-likeness (QED) is 0.746. The maximum atomic E-state index is 11.6. The van der Waals surface area contributed by atoms with Gasteiger partial charge in [0, 0.05) is 12.0 Å². The first-order chi connectivity index (χ1) is 7.78. The number of carbonyl (C=O) groups excluding carboxylic acids is 1. The van der Waals surface area contributed by atoms with Crippen LogP contribution in [0.15, 0.2) is 0 Å². The highest BCUT2D eigenvalue weighted by Crippen LogP contribution is 2.24. The highest BCUT2D eigenvalue weighted by molar-refractivity contribution is 7.80. The van der Waals surface area contributed by atoms with E-state index in [0.29, 0.717) is 10.9 Å². The second kappa shape index (κ2) is 5.67. The molecule has 98 valence electrons. The molecule has 5 heteroatoms. The van der Waals surface area contributed by atoms with E-state index in [0.717, 1.165) is 25.7 Å². The van der Waals surface area contributed by atoms with E-state index in [-0.39, 0.29) is 12.1 Å². The lowest BCUT2D eigenvalue weighted by Gasteiger charge is -2.29. The Morgan fingerprint density at radius 3 is 2.24 bits per heavy atom. The molecule has 0 aromatic heterocycles. The Hall–Kier alpha value is -0.840. The van der Waals surface area contributed by atoms with E-state index in [4.69, 9.17) is 22.7 Å². The van der Waals surface area contributed by atoms with Crippen molar-refractivity contribution in [2.45, 2.75) is 58.1 Å². The molecule has 1 amide bonds. The molecule has 1 fully saturated rings. The first-order valence-corrected chi connectivity index (χ1v) is 6.47. The molecule has 1 saturated carbocycles. The molecular formula is C12H22N2O2S. The van der Waals surface area contributed by atoms with Crippen molar-refractivity contribution >= 4 is 23.3 Å². The van der Waals surface area contributed by atoms with E-state index in [9.17, 15) is 4.79 Å². The van der Waals surface area contributed by atoms with Gasteiger partial charge in [-0.1, -0.05) is 12.2 Å². The molecule has 3 N–H and O–H groups in total. The van der Waals surface area contributed by atoms with Crippen LogP contribution in [0.25, 0.3) is 0 Å². The topological polar surface area (TPSA) is 64.3 Å². The van der Waals surface area contributed by atoms with Crippen LogP contribution in [0.4, 0.5) is 4.79 Å². The number of nitrogens with one attached hydrogen (secondary N) is 1. The summed E-state index contributed by atoms with van der Waals surface area (Å²) in [6.45, 7) is 5.57. The van der Waals surface area contributed by atoms with Gasteiger partial charge < -0.3 is 15.8 Å². The summed E-state index contributed by atoms with van der Waals surface area (Å²) >= 11 is 4.98. The fraction of sp³-hybridized carbons (Fsp3) is 0.833. The third-order valence-corrected chi connectivity index (χ3v) is 3.18. The number of nitrogens with two attached hydrogens (primary N) is 1. The van der Waals surface area contributed by atoms with Crippen LogP contribution < -0.4 is 11.1 Å². The minimum Gasteiger partial charge on any atom is -0.444 e. The minimum atomic E-state index is -0.444. The number of carbonyl (C=O) groups is 1. The number of ether oxygens (including phenoxy) is 1. The van der Waals surface area contributed by atoms with Crippen molar-refractivity contribution in [2.24, 2.45) is 11.7 Å². The summed E-state index contributed by atoms with van der Waals surface area (Å²) in [4.78, 5) is 12.2. The van der Waals surface area contributed by atoms with Gasteiger partial charge in [-0.2, -0.15) is 0 Å². The van der Waals surface area contributed by atoms with Crippen LogP contribution >= 0.6 is 12.2 Å². The second-order valence-corrected chi connectivity index (χ2v) is 6.07. The Balaban J connectivity index is 2.31. The van der Waals surface area contributed by atoms with Gasteiger partial charge in [0.05, 0.1) is 4.99 Å². The van der Waals surface area contributed by atoms with Crippen molar-refractivity contribution in [2.75, 3.05) is 0 Å². The van der Waals surface area contributed by atoms with Gasteiger partial charge in [-0.15, -0.1) is 0 Å². The number of alkyl carbamates (subject to hydrolysis) is 1. The average Bonchev–Trinajstić information content (AvgIpc) is 2.15. The zero-order valence-electron chi connectivity index (χ0n) is 10.8. The van der Waals surface area contributed by atoms with Crippen molar-refractivity contribution in [1.29, 1.82) is 0 Å². The van der Waals surface area contributed by atoms with Gasteiger partial charge in [-0.25, -0.2) is 4.79 Å².